The maximum Gasteiger partial charge on any atom is 0.274 e. The van der Waals surface area contributed by atoms with Crippen molar-refractivity contribution < 1.29 is 4.92 Å². The summed E-state index contributed by atoms with van der Waals surface area (Å²) in [5, 5.41) is 14.2. The van der Waals surface area contributed by atoms with Gasteiger partial charge in [0.2, 0.25) is 0 Å². The molecule has 4 nitrogen and oxygen atoms in total. The minimum absolute atomic E-state index is 0.125. The highest BCUT2D eigenvalue weighted by molar-refractivity contribution is 5.61. The van der Waals surface area contributed by atoms with Crippen molar-refractivity contribution in [2.24, 2.45) is 0 Å². The lowest BCUT2D eigenvalue weighted by Crippen LogP contribution is -2.41. The van der Waals surface area contributed by atoms with Crippen LogP contribution in [0.2, 0.25) is 0 Å². The predicted octanol–water partition coefficient (Wildman–Crippen LogP) is 3.26. The number of rotatable bonds is 3. The second-order valence-electron chi connectivity index (χ2n) is 4.75. The monoisotopic (exact) mass is 220 g/mol. The third kappa shape index (κ3) is 1.87. The van der Waals surface area contributed by atoms with Crippen molar-refractivity contribution in [1.29, 1.82) is 0 Å². The molecule has 0 aliphatic heterocycles. The highest BCUT2D eigenvalue weighted by Gasteiger charge is 2.32. The van der Waals surface area contributed by atoms with Gasteiger partial charge in [0.15, 0.2) is 0 Å². The van der Waals surface area contributed by atoms with Gasteiger partial charge in [-0.25, -0.2) is 0 Å². The molecule has 0 saturated heterocycles. The summed E-state index contributed by atoms with van der Waals surface area (Å²) < 4.78 is 0. The molecule has 0 atom stereocenters. The molecule has 4 heteroatoms. The lowest BCUT2D eigenvalue weighted by molar-refractivity contribution is -0.385. The summed E-state index contributed by atoms with van der Waals surface area (Å²) >= 11 is 0. The number of nitrogens with zero attached hydrogens (tertiary/aromatic N) is 1. The number of nitrogens with one attached hydrogen (secondary N) is 1. The van der Waals surface area contributed by atoms with Gasteiger partial charge in [0, 0.05) is 22.9 Å². The van der Waals surface area contributed by atoms with Crippen molar-refractivity contribution in [2.45, 2.75) is 38.6 Å². The molecule has 0 bridgehead atoms. The molecular formula is C12H16N2O2. The molecule has 0 spiro atoms. The highest BCUT2D eigenvalue weighted by Crippen LogP contribution is 2.36. The van der Waals surface area contributed by atoms with E-state index in [2.05, 4.69) is 12.2 Å². The molecular weight excluding hydrogens is 204 g/mol. The number of hydrogen-bond donors (Lipinski definition) is 1. The molecule has 16 heavy (non-hydrogen) atoms. The molecule has 0 unspecified atom stereocenters. The Hall–Kier alpha value is -1.58. The first kappa shape index (κ1) is 10.9. The quantitative estimate of drug-likeness (QED) is 0.628. The van der Waals surface area contributed by atoms with Gasteiger partial charge in [0.05, 0.1) is 4.92 Å². The largest absolute Gasteiger partial charge is 0.379 e. The zero-order valence-corrected chi connectivity index (χ0v) is 9.62. The Kier molecular flexibility index (Phi) is 2.58. The molecule has 1 aromatic carbocycles. The Bertz CT molecular complexity index is 425. The summed E-state index contributed by atoms with van der Waals surface area (Å²) in [7, 11) is 0. The smallest absolute Gasteiger partial charge is 0.274 e. The van der Waals surface area contributed by atoms with Crippen LogP contribution in [0.25, 0.3) is 0 Å². The Morgan fingerprint density at radius 1 is 1.44 bits per heavy atom. The van der Waals surface area contributed by atoms with Crippen molar-refractivity contribution in [2.75, 3.05) is 5.32 Å². The molecule has 0 aromatic heterocycles. The molecule has 1 N–H and O–H groups in total. The van der Waals surface area contributed by atoms with Gasteiger partial charge in [-0.15, -0.1) is 0 Å². The standard InChI is InChI=1S/C12H16N2O2/c1-9-10(13-12(2)7-4-8-12)5-3-6-11(9)14(15)16/h3,5-6,13H,4,7-8H2,1-2H3. The second kappa shape index (κ2) is 3.77. The third-order valence-corrected chi connectivity index (χ3v) is 3.40. The van der Waals surface area contributed by atoms with E-state index in [0.717, 1.165) is 24.1 Å². The SMILES string of the molecule is Cc1c(NC2(C)CCC2)cccc1[N+](=O)[O-]. The topological polar surface area (TPSA) is 55.2 Å². The minimum Gasteiger partial charge on any atom is -0.379 e. The summed E-state index contributed by atoms with van der Waals surface area (Å²) in [6.07, 6.45) is 3.50. The molecule has 1 aliphatic carbocycles. The maximum atomic E-state index is 10.8. The van der Waals surface area contributed by atoms with E-state index in [1.54, 1.807) is 19.1 Å². The normalized spacial score (nSPS) is 17.6. The number of nitro groups is 1. The van der Waals surface area contributed by atoms with Crippen molar-refractivity contribution >= 4 is 11.4 Å². The van der Waals surface area contributed by atoms with Crippen LogP contribution in [-0.2, 0) is 0 Å². The summed E-state index contributed by atoms with van der Waals surface area (Å²) in [5.74, 6) is 0. The Morgan fingerprint density at radius 3 is 2.62 bits per heavy atom. The zero-order valence-electron chi connectivity index (χ0n) is 9.62. The predicted molar refractivity (Wildman–Crippen MR) is 63.7 cm³/mol. The molecule has 1 aliphatic rings. The summed E-state index contributed by atoms with van der Waals surface area (Å²) in [4.78, 5) is 10.5. The molecule has 0 heterocycles. The molecule has 1 aromatic rings. The van der Waals surface area contributed by atoms with E-state index in [4.69, 9.17) is 0 Å². The van der Waals surface area contributed by atoms with Crippen LogP contribution in [0.4, 0.5) is 11.4 Å². The fraction of sp³-hybridized carbons (Fsp3) is 0.500. The van der Waals surface area contributed by atoms with Gasteiger partial charge >= 0.3 is 0 Å². The van der Waals surface area contributed by atoms with Crippen molar-refractivity contribution in [3.63, 3.8) is 0 Å². The van der Waals surface area contributed by atoms with E-state index in [1.165, 1.54) is 6.42 Å². The van der Waals surface area contributed by atoms with Crippen molar-refractivity contribution in [3.8, 4) is 0 Å². The van der Waals surface area contributed by atoms with Crippen LogP contribution < -0.4 is 5.32 Å². The Balaban J connectivity index is 2.27. The molecule has 1 fully saturated rings. The van der Waals surface area contributed by atoms with Crippen LogP contribution in [0.5, 0.6) is 0 Å². The molecule has 0 radical (unpaired) electrons. The molecule has 1 saturated carbocycles. The van der Waals surface area contributed by atoms with Crippen LogP contribution in [-0.4, -0.2) is 10.5 Å². The maximum absolute atomic E-state index is 10.8. The van der Waals surface area contributed by atoms with E-state index in [0.29, 0.717) is 0 Å². The van der Waals surface area contributed by atoms with Crippen LogP contribution in [0.15, 0.2) is 18.2 Å². The van der Waals surface area contributed by atoms with Crippen LogP contribution in [0, 0.1) is 17.0 Å². The number of hydrogen-bond acceptors (Lipinski definition) is 3. The number of anilines is 1. The fourth-order valence-electron chi connectivity index (χ4n) is 2.11. The minimum atomic E-state index is -0.330. The number of benzene rings is 1. The van der Waals surface area contributed by atoms with E-state index in [1.807, 2.05) is 6.07 Å². The molecule has 2 rings (SSSR count). The van der Waals surface area contributed by atoms with Crippen molar-refractivity contribution in [1.82, 2.24) is 0 Å². The summed E-state index contributed by atoms with van der Waals surface area (Å²) in [5.41, 5.74) is 1.92. The Labute approximate surface area is 94.8 Å². The first-order valence-corrected chi connectivity index (χ1v) is 5.54. The van der Waals surface area contributed by atoms with Gasteiger partial charge in [-0.3, -0.25) is 10.1 Å². The van der Waals surface area contributed by atoms with Crippen LogP contribution >= 0.6 is 0 Å². The average molecular weight is 220 g/mol. The van der Waals surface area contributed by atoms with E-state index in [9.17, 15) is 10.1 Å². The van der Waals surface area contributed by atoms with E-state index >= 15 is 0 Å². The fourth-order valence-corrected chi connectivity index (χ4v) is 2.11. The lowest BCUT2D eigenvalue weighted by atomic mass is 9.78. The number of nitro benzene ring substituents is 1. The van der Waals surface area contributed by atoms with Crippen molar-refractivity contribution in [3.05, 3.63) is 33.9 Å². The van der Waals surface area contributed by atoms with Gasteiger partial charge in [-0.2, -0.15) is 0 Å². The van der Waals surface area contributed by atoms with Crippen LogP contribution in [0.3, 0.4) is 0 Å². The van der Waals surface area contributed by atoms with Gasteiger partial charge in [0.1, 0.15) is 0 Å². The van der Waals surface area contributed by atoms with Gasteiger partial charge in [0.25, 0.3) is 5.69 Å². The highest BCUT2D eigenvalue weighted by atomic mass is 16.6. The van der Waals surface area contributed by atoms with Gasteiger partial charge in [-0.1, -0.05) is 6.07 Å². The second-order valence-corrected chi connectivity index (χ2v) is 4.75. The Morgan fingerprint density at radius 2 is 2.12 bits per heavy atom. The average Bonchev–Trinajstić information content (AvgIpc) is 2.18. The van der Waals surface area contributed by atoms with E-state index in [-0.39, 0.29) is 16.1 Å². The molecule has 86 valence electrons. The van der Waals surface area contributed by atoms with E-state index < -0.39 is 0 Å². The van der Waals surface area contributed by atoms with Crippen LogP contribution in [0.1, 0.15) is 31.7 Å². The zero-order chi connectivity index (χ0) is 11.8. The summed E-state index contributed by atoms with van der Waals surface area (Å²) in [6.45, 7) is 3.96. The lowest BCUT2D eigenvalue weighted by Gasteiger charge is -2.40. The first-order valence-electron chi connectivity index (χ1n) is 5.54. The third-order valence-electron chi connectivity index (χ3n) is 3.40. The first-order chi connectivity index (χ1) is 7.52. The van der Waals surface area contributed by atoms with Gasteiger partial charge < -0.3 is 5.32 Å². The summed E-state index contributed by atoms with van der Waals surface area (Å²) in [6, 6.07) is 5.19. The van der Waals surface area contributed by atoms with Gasteiger partial charge in [-0.05, 0) is 39.2 Å². The molecule has 0 amide bonds.